The van der Waals surface area contributed by atoms with E-state index >= 15 is 0 Å². The summed E-state index contributed by atoms with van der Waals surface area (Å²) in [5.41, 5.74) is 1.57. The minimum atomic E-state index is -0.337. The average molecular weight is 321 g/mol. The third kappa shape index (κ3) is 3.67. The van der Waals surface area contributed by atoms with Crippen molar-refractivity contribution in [1.29, 1.82) is 0 Å². The fourth-order valence-electron chi connectivity index (χ4n) is 2.38. The van der Waals surface area contributed by atoms with Crippen LogP contribution in [0.3, 0.4) is 0 Å². The molecule has 1 atom stereocenters. The number of aromatic nitrogens is 1. The summed E-state index contributed by atoms with van der Waals surface area (Å²) >= 11 is 5.86. The fraction of sp³-hybridized carbons (Fsp3) is 0.375. The van der Waals surface area contributed by atoms with Crippen molar-refractivity contribution in [2.75, 3.05) is 6.61 Å². The number of hydrogen-bond acceptors (Lipinski definition) is 4. The third-order valence-corrected chi connectivity index (χ3v) is 3.86. The lowest BCUT2D eigenvalue weighted by Crippen LogP contribution is -2.38. The molecular formula is C16H17ClN2O3. The first-order chi connectivity index (χ1) is 10.7. The number of hydrogen-bond donors (Lipinski definition) is 1. The van der Waals surface area contributed by atoms with Crippen LogP contribution < -0.4 is 5.32 Å². The van der Waals surface area contributed by atoms with E-state index in [1.54, 1.807) is 12.1 Å². The molecular weight excluding hydrogens is 304 g/mol. The average Bonchev–Trinajstić information content (AvgIpc) is 3.03. The molecule has 5 nitrogen and oxygen atoms in total. The molecule has 1 aliphatic heterocycles. The van der Waals surface area contributed by atoms with Crippen molar-refractivity contribution in [3.05, 3.63) is 41.0 Å². The summed E-state index contributed by atoms with van der Waals surface area (Å²) in [6, 6.07) is 9.12. The maximum absolute atomic E-state index is 12.0. The number of ether oxygens (including phenoxy) is 1. The standard InChI is InChI=1S/C16H17ClN2O3/c17-12-6-4-11(5-7-12)15-9-13(19-22-15)10-18-16(20)14-3-1-2-8-21-14/h4-7,9,14H,1-3,8,10H2,(H,18,20)/t14-/m1/s1. The van der Waals surface area contributed by atoms with Gasteiger partial charge < -0.3 is 14.6 Å². The van der Waals surface area contributed by atoms with Crippen LogP contribution in [0.4, 0.5) is 0 Å². The van der Waals surface area contributed by atoms with Gasteiger partial charge in [-0.2, -0.15) is 0 Å². The smallest absolute Gasteiger partial charge is 0.249 e. The van der Waals surface area contributed by atoms with E-state index in [2.05, 4.69) is 10.5 Å². The van der Waals surface area contributed by atoms with Gasteiger partial charge in [0, 0.05) is 23.3 Å². The minimum absolute atomic E-state index is 0.0873. The Morgan fingerprint density at radius 2 is 2.14 bits per heavy atom. The molecule has 1 aromatic carbocycles. The van der Waals surface area contributed by atoms with Crippen LogP contribution in [0.1, 0.15) is 25.0 Å². The molecule has 2 aromatic rings. The van der Waals surface area contributed by atoms with Gasteiger partial charge in [-0.15, -0.1) is 0 Å². The molecule has 2 heterocycles. The van der Waals surface area contributed by atoms with Gasteiger partial charge in [-0.3, -0.25) is 4.79 Å². The second-order valence-electron chi connectivity index (χ2n) is 5.26. The van der Waals surface area contributed by atoms with Crippen molar-refractivity contribution in [2.24, 2.45) is 0 Å². The van der Waals surface area contributed by atoms with Crippen LogP contribution in [-0.2, 0) is 16.1 Å². The zero-order chi connectivity index (χ0) is 15.4. The van der Waals surface area contributed by atoms with Crippen LogP contribution in [0.5, 0.6) is 0 Å². The lowest BCUT2D eigenvalue weighted by atomic mass is 10.1. The molecule has 0 saturated carbocycles. The largest absolute Gasteiger partial charge is 0.368 e. The highest BCUT2D eigenvalue weighted by molar-refractivity contribution is 6.30. The van der Waals surface area contributed by atoms with Crippen LogP contribution in [0, 0.1) is 0 Å². The quantitative estimate of drug-likeness (QED) is 0.939. The van der Waals surface area contributed by atoms with E-state index in [-0.39, 0.29) is 12.0 Å². The summed E-state index contributed by atoms with van der Waals surface area (Å²) in [7, 11) is 0. The summed E-state index contributed by atoms with van der Waals surface area (Å²) in [6.45, 7) is 0.985. The van der Waals surface area contributed by atoms with Crippen molar-refractivity contribution in [2.45, 2.75) is 31.9 Å². The first kappa shape index (κ1) is 15.1. The number of rotatable bonds is 4. The van der Waals surface area contributed by atoms with E-state index in [0.717, 1.165) is 24.8 Å². The summed E-state index contributed by atoms with van der Waals surface area (Å²) in [4.78, 5) is 12.0. The zero-order valence-corrected chi connectivity index (χ0v) is 12.8. The minimum Gasteiger partial charge on any atom is -0.368 e. The summed E-state index contributed by atoms with van der Waals surface area (Å²) in [5, 5.41) is 7.47. The van der Waals surface area contributed by atoms with E-state index < -0.39 is 0 Å². The molecule has 3 rings (SSSR count). The normalized spacial score (nSPS) is 18.1. The van der Waals surface area contributed by atoms with Crippen molar-refractivity contribution < 1.29 is 14.1 Å². The van der Waals surface area contributed by atoms with Gasteiger partial charge in [0.25, 0.3) is 0 Å². The highest BCUT2D eigenvalue weighted by Gasteiger charge is 2.21. The molecule has 0 bridgehead atoms. The molecule has 0 spiro atoms. The Labute approximate surface area is 133 Å². The van der Waals surface area contributed by atoms with Crippen molar-refractivity contribution in [1.82, 2.24) is 10.5 Å². The molecule has 0 unspecified atom stereocenters. The van der Waals surface area contributed by atoms with E-state index in [1.807, 2.05) is 18.2 Å². The van der Waals surface area contributed by atoms with Gasteiger partial charge >= 0.3 is 0 Å². The molecule has 1 fully saturated rings. The zero-order valence-electron chi connectivity index (χ0n) is 12.0. The molecule has 22 heavy (non-hydrogen) atoms. The maximum Gasteiger partial charge on any atom is 0.249 e. The molecule has 6 heteroatoms. The molecule has 0 aliphatic carbocycles. The number of halogens is 1. The second-order valence-corrected chi connectivity index (χ2v) is 5.70. The molecule has 0 radical (unpaired) electrons. The van der Waals surface area contributed by atoms with E-state index in [0.29, 0.717) is 29.6 Å². The second kappa shape index (κ2) is 6.94. The third-order valence-electron chi connectivity index (χ3n) is 3.60. The molecule has 1 aromatic heterocycles. The fourth-order valence-corrected chi connectivity index (χ4v) is 2.51. The molecule has 1 saturated heterocycles. The Bertz CT molecular complexity index is 633. The monoisotopic (exact) mass is 320 g/mol. The Hall–Kier alpha value is -1.85. The van der Waals surface area contributed by atoms with E-state index in [9.17, 15) is 4.79 Å². The van der Waals surface area contributed by atoms with Gasteiger partial charge in [-0.05, 0) is 43.5 Å². The Balaban J connectivity index is 1.57. The van der Waals surface area contributed by atoms with Gasteiger partial charge in [0.05, 0.1) is 6.54 Å². The lowest BCUT2D eigenvalue weighted by molar-refractivity contribution is -0.135. The number of amides is 1. The summed E-state index contributed by atoms with van der Waals surface area (Å²) in [6.07, 6.45) is 2.50. The van der Waals surface area contributed by atoms with Crippen LogP contribution in [0.2, 0.25) is 5.02 Å². The highest BCUT2D eigenvalue weighted by Crippen LogP contribution is 2.22. The van der Waals surface area contributed by atoms with Gasteiger partial charge in [-0.25, -0.2) is 0 Å². The highest BCUT2D eigenvalue weighted by atomic mass is 35.5. The predicted molar refractivity (Wildman–Crippen MR) is 82.4 cm³/mol. The molecule has 1 aliphatic rings. The Morgan fingerprint density at radius 1 is 1.32 bits per heavy atom. The first-order valence-electron chi connectivity index (χ1n) is 7.33. The topological polar surface area (TPSA) is 64.4 Å². The van der Waals surface area contributed by atoms with Crippen molar-refractivity contribution in [3.8, 4) is 11.3 Å². The van der Waals surface area contributed by atoms with Crippen molar-refractivity contribution >= 4 is 17.5 Å². The Kier molecular flexibility index (Phi) is 4.75. The van der Waals surface area contributed by atoms with Gasteiger partial charge in [0.2, 0.25) is 5.91 Å². The van der Waals surface area contributed by atoms with Gasteiger partial charge in [0.15, 0.2) is 5.76 Å². The summed E-state index contributed by atoms with van der Waals surface area (Å²) < 4.78 is 10.7. The number of nitrogens with zero attached hydrogens (tertiary/aromatic N) is 1. The lowest BCUT2D eigenvalue weighted by Gasteiger charge is -2.21. The van der Waals surface area contributed by atoms with E-state index in [4.69, 9.17) is 20.9 Å². The van der Waals surface area contributed by atoms with Crippen LogP contribution >= 0.6 is 11.6 Å². The predicted octanol–water partition coefficient (Wildman–Crippen LogP) is 3.18. The number of carbonyl (C=O) groups is 1. The first-order valence-corrected chi connectivity index (χ1v) is 7.71. The van der Waals surface area contributed by atoms with Crippen LogP contribution in [-0.4, -0.2) is 23.8 Å². The summed E-state index contributed by atoms with van der Waals surface area (Å²) in [5.74, 6) is 0.561. The Morgan fingerprint density at radius 3 is 2.86 bits per heavy atom. The van der Waals surface area contributed by atoms with E-state index in [1.165, 1.54) is 0 Å². The van der Waals surface area contributed by atoms with Gasteiger partial charge in [0.1, 0.15) is 11.8 Å². The van der Waals surface area contributed by atoms with Crippen LogP contribution in [0.15, 0.2) is 34.9 Å². The van der Waals surface area contributed by atoms with Gasteiger partial charge in [-0.1, -0.05) is 16.8 Å². The molecule has 1 amide bonds. The van der Waals surface area contributed by atoms with Crippen LogP contribution in [0.25, 0.3) is 11.3 Å². The SMILES string of the molecule is O=C(NCc1cc(-c2ccc(Cl)cc2)on1)[C@H]1CCCCO1. The molecule has 1 N–H and O–H groups in total. The maximum atomic E-state index is 12.0. The number of nitrogens with one attached hydrogen (secondary N) is 1. The molecule has 116 valence electrons. The van der Waals surface area contributed by atoms with Crippen molar-refractivity contribution in [3.63, 3.8) is 0 Å². The number of benzene rings is 1. The number of carbonyl (C=O) groups excluding carboxylic acids is 1.